The molecule has 0 aliphatic carbocycles. The van der Waals surface area contributed by atoms with Crippen LogP contribution in [0.5, 0.6) is 0 Å². The lowest BCUT2D eigenvalue weighted by Crippen LogP contribution is -2.07. The lowest BCUT2D eigenvalue weighted by Gasteiger charge is -2.09. The minimum absolute atomic E-state index is 0.359. The van der Waals surface area contributed by atoms with E-state index in [-0.39, 0.29) is 0 Å². The van der Waals surface area contributed by atoms with E-state index in [4.69, 9.17) is 4.74 Å². The lowest BCUT2D eigenvalue weighted by atomic mass is 10.3. The highest BCUT2D eigenvalue weighted by molar-refractivity contribution is 9.10. The molecule has 2 aromatic rings. The number of halogens is 1. The molecule has 0 unspecified atom stereocenters. The molecule has 0 aliphatic heterocycles. The number of aromatic nitrogens is 5. The molecule has 8 heteroatoms. The highest BCUT2D eigenvalue weighted by atomic mass is 79.9. The van der Waals surface area contributed by atoms with E-state index in [1.165, 1.54) is 0 Å². The van der Waals surface area contributed by atoms with E-state index in [0.717, 1.165) is 30.2 Å². The zero-order chi connectivity index (χ0) is 14.5. The number of hydrogen-bond acceptors (Lipinski definition) is 6. The summed E-state index contributed by atoms with van der Waals surface area (Å²) < 4.78 is 7.45. The van der Waals surface area contributed by atoms with Crippen molar-refractivity contribution in [3.8, 4) is 11.4 Å². The van der Waals surface area contributed by atoms with Gasteiger partial charge in [0.15, 0.2) is 10.4 Å². The molecule has 7 nitrogen and oxygen atoms in total. The maximum absolute atomic E-state index is 5.12. The largest absolute Gasteiger partial charge is 0.377 e. The van der Waals surface area contributed by atoms with Crippen molar-refractivity contribution >= 4 is 21.7 Å². The van der Waals surface area contributed by atoms with Crippen LogP contribution in [0, 0.1) is 0 Å². The molecule has 108 valence electrons. The molecule has 0 fully saturated rings. The van der Waals surface area contributed by atoms with Gasteiger partial charge in [0, 0.05) is 26.8 Å². The molecule has 0 aliphatic rings. The van der Waals surface area contributed by atoms with E-state index < -0.39 is 0 Å². The first-order valence-corrected chi connectivity index (χ1v) is 7.11. The van der Waals surface area contributed by atoms with Crippen LogP contribution < -0.4 is 5.32 Å². The van der Waals surface area contributed by atoms with Gasteiger partial charge >= 0.3 is 0 Å². The number of anilines is 1. The second-order valence-electron chi connectivity index (χ2n) is 4.27. The molecule has 2 rings (SSSR count). The van der Waals surface area contributed by atoms with Crippen molar-refractivity contribution in [3.05, 3.63) is 16.5 Å². The number of hydrogen-bond donors (Lipinski definition) is 1. The SMILES string of the molecule is CCCNc1cc(-c2c(Br)nnn2C)nc(COC)n1. The van der Waals surface area contributed by atoms with Crippen molar-refractivity contribution in [2.75, 3.05) is 19.0 Å². The van der Waals surface area contributed by atoms with E-state index in [9.17, 15) is 0 Å². The van der Waals surface area contributed by atoms with Gasteiger partial charge in [-0.05, 0) is 22.4 Å². The summed E-state index contributed by atoms with van der Waals surface area (Å²) in [5.74, 6) is 1.40. The number of ether oxygens (including phenoxy) is 1. The van der Waals surface area contributed by atoms with Gasteiger partial charge in [0.25, 0.3) is 0 Å². The zero-order valence-corrected chi connectivity index (χ0v) is 13.3. The second kappa shape index (κ2) is 6.76. The van der Waals surface area contributed by atoms with E-state index in [0.29, 0.717) is 17.0 Å². The number of rotatable bonds is 6. The average Bonchev–Trinajstić information content (AvgIpc) is 2.76. The van der Waals surface area contributed by atoms with Crippen molar-refractivity contribution in [2.45, 2.75) is 20.0 Å². The van der Waals surface area contributed by atoms with Crippen LogP contribution in [-0.4, -0.2) is 38.6 Å². The van der Waals surface area contributed by atoms with Crippen molar-refractivity contribution in [2.24, 2.45) is 7.05 Å². The smallest absolute Gasteiger partial charge is 0.157 e. The van der Waals surface area contributed by atoms with Crippen molar-refractivity contribution < 1.29 is 4.74 Å². The van der Waals surface area contributed by atoms with Gasteiger partial charge in [0.2, 0.25) is 0 Å². The standard InChI is InChI=1S/C12H17BrN6O/c1-4-5-14-9-6-8(15-10(16-9)7-20-3)11-12(13)17-18-19(11)2/h6H,4-5,7H2,1-3H3,(H,14,15,16). The Bertz CT molecular complexity index is 566. The fourth-order valence-corrected chi connectivity index (χ4v) is 2.29. The third-order valence-electron chi connectivity index (χ3n) is 2.63. The van der Waals surface area contributed by atoms with Gasteiger partial charge in [-0.2, -0.15) is 0 Å². The van der Waals surface area contributed by atoms with Gasteiger partial charge in [-0.1, -0.05) is 12.1 Å². The molecule has 0 radical (unpaired) electrons. The maximum atomic E-state index is 5.12. The van der Waals surface area contributed by atoms with Crippen LogP contribution in [0.25, 0.3) is 11.4 Å². The van der Waals surface area contributed by atoms with Crippen LogP contribution in [0.2, 0.25) is 0 Å². The van der Waals surface area contributed by atoms with Crippen molar-refractivity contribution in [1.29, 1.82) is 0 Å². The minimum atomic E-state index is 0.359. The van der Waals surface area contributed by atoms with Crippen molar-refractivity contribution in [1.82, 2.24) is 25.0 Å². The third kappa shape index (κ3) is 3.31. The first kappa shape index (κ1) is 14.9. The van der Waals surface area contributed by atoms with E-state index >= 15 is 0 Å². The number of nitrogens with zero attached hydrogens (tertiary/aromatic N) is 5. The molecule has 0 amide bonds. The van der Waals surface area contributed by atoms with Gasteiger partial charge in [-0.3, -0.25) is 0 Å². The van der Waals surface area contributed by atoms with Crippen LogP contribution in [0.15, 0.2) is 10.7 Å². The zero-order valence-electron chi connectivity index (χ0n) is 11.7. The highest BCUT2D eigenvalue weighted by Gasteiger charge is 2.14. The molecule has 0 bridgehead atoms. The molecule has 0 atom stereocenters. The average molecular weight is 341 g/mol. The van der Waals surface area contributed by atoms with Gasteiger partial charge < -0.3 is 10.1 Å². The fraction of sp³-hybridized carbons (Fsp3) is 0.500. The van der Waals surface area contributed by atoms with Gasteiger partial charge in [0.05, 0.1) is 5.69 Å². The summed E-state index contributed by atoms with van der Waals surface area (Å²) in [7, 11) is 3.45. The highest BCUT2D eigenvalue weighted by Crippen LogP contribution is 2.25. The van der Waals surface area contributed by atoms with Crippen LogP contribution in [0.1, 0.15) is 19.2 Å². The summed E-state index contributed by atoms with van der Waals surface area (Å²) in [6.07, 6.45) is 1.02. The molecule has 0 aromatic carbocycles. The Balaban J connectivity index is 2.43. The van der Waals surface area contributed by atoms with Crippen LogP contribution >= 0.6 is 15.9 Å². The van der Waals surface area contributed by atoms with Crippen LogP contribution in [-0.2, 0) is 18.4 Å². The molecular weight excluding hydrogens is 324 g/mol. The van der Waals surface area contributed by atoms with Crippen molar-refractivity contribution in [3.63, 3.8) is 0 Å². The predicted molar refractivity (Wildman–Crippen MR) is 79.2 cm³/mol. The number of aryl methyl sites for hydroxylation is 1. The molecule has 2 aromatic heterocycles. The summed E-state index contributed by atoms with van der Waals surface area (Å²) in [4.78, 5) is 8.91. The Morgan fingerprint density at radius 1 is 1.40 bits per heavy atom. The Labute approximate surface area is 125 Å². The Morgan fingerprint density at radius 2 is 2.20 bits per heavy atom. The van der Waals surface area contributed by atoms with E-state index in [2.05, 4.69) is 48.5 Å². The summed E-state index contributed by atoms with van der Waals surface area (Å²) in [6, 6.07) is 1.89. The van der Waals surface area contributed by atoms with Crippen LogP contribution in [0.3, 0.4) is 0 Å². The Hall–Kier alpha value is -1.54. The predicted octanol–water partition coefficient (Wildman–Crippen LogP) is 2.00. The molecule has 20 heavy (non-hydrogen) atoms. The normalized spacial score (nSPS) is 10.8. The number of nitrogens with one attached hydrogen (secondary N) is 1. The van der Waals surface area contributed by atoms with E-state index in [1.54, 1.807) is 11.8 Å². The third-order valence-corrected chi connectivity index (χ3v) is 3.16. The molecular formula is C12H17BrN6O. The molecule has 0 spiro atoms. The minimum Gasteiger partial charge on any atom is -0.377 e. The molecule has 1 N–H and O–H groups in total. The maximum Gasteiger partial charge on any atom is 0.157 e. The monoisotopic (exact) mass is 340 g/mol. The van der Waals surface area contributed by atoms with Gasteiger partial charge in [-0.25, -0.2) is 14.6 Å². The summed E-state index contributed by atoms with van der Waals surface area (Å²) in [5, 5.41) is 11.2. The molecule has 2 heterocycles. The van der Waals surface area contributed by atoms with Gasteiger partial charge in [-0.15, -0.1) is 5.10 Å². The second-order valence-corrected chi connectivity index (χ2v) is 5.02. The Kier molecular flexibility index (Phi) is 5.02. The van der Waals surface area contributed by atoms with Crippen LogP contribution in [0.4, 0.5) is 5.82 Å². The van der Waals surface area contributed by atoms with Gasteiger partial charge in [0.1, 0.15) is 18.1 Å². The summed E-state index contributed by atoms with van der Waals surface area (Å²) in [6.45, 7) is 3.32. The summed E-state index contributed by atoms with van der Waals surface area (Å²) >= 11 is 3.39. The topological polar surface area (TPSA) is 77.8 Å². The number of methoxy groups -OCH3 is 1. The van der Waals surface area contributed by atoms with E-state index in [1.807, 2.05) is 13.1 Å². The summed E-state index contributed by atoms with van der Waals surface area (Å²) in [5.41, 5.74) is 1.56. The lowest BCUT2D eigenvalue weighted by molar-refractivity contribution is 0.178. The molecule has 0 saturated carbocycles. The quantitative estimate of drug-likeness (QED) is 0.866. The first-order chi connectivity index (χ1) is 9.65. The molecule has 0 saturated heterocycles. The first-order valence-electron chi connectivity index (χ1n) is 6.32. The fourth-order valence-electron chi connectivity index (χ4n) is 1.76. The Morgan fingerprint density at radius 3 is 2.80 bits per heavy atom.